The van der Waals surface area contributed by atoms with Gasteiger partial charge in [0.1, 0.15) is 4.90 Å². The highest BCUT2D eigenvalue weighted by atomic mass is 35.5. The maximum absolute atomic E-state index is 12.6. The first-order valence-electron chi connectivity index (χ1n) is 6.85. The molecule has 1 fully saturated rings. The van der Waals surface area contributed by atoms with Crippen molar-refractivity contribution in [3.05, 3.63) is 41.9 Å². The highest BCUT2D eigenvalue weighted by Gasteiger charge is 2.30. The summed E-state index contributed by atoms with van der Waals surface area (Å²) in [5, 5.41) is 3.91. The molecule has 0 spiro atoms. The Balaban J connectivity index is 2.04. The Morgan fingerprint density at radius 1 is 1.32 bits per heavy atom. The summed E-state index contributed by atoms with van der Waals surface area (Å²) in [4.78, 5) is 2.11. The van der Waals surface area contributed by atoms with Crippen LogP contribution in [0.4, 0.5) is 0 Å². The lowest BCUT2D eigenvalue weighted by Gasteiger charge is -2.35. The number of benzene rings is 1. The monoisotopic (exact) mass is 359 g/mol. The molecule has 1 aliphatic rings. The predicted octanol–water partition coefficient (Wildman–Crippen LogP) is 1.71. The zero-order chi connectivity index (χ0) is 16.2. The van der Waals surface area contributed by atoms with Gasteiger partial charge in [0.2, 0.25) is 10.0 Å². The van der Waals surface area contributed by atoms with E-state index in [0.717, 1.165) is 0 Å². The lowest BCUT2D eigenvalue weighted by atomic mass is 10.4. The molecule has 0 unspecified atom stereocenters. The molecule has 2 rings (SSSR count). The lowest BCUT2D eigenvalue weighted by molar-refractivity contribution is 0.264. The number of nitrogens with one attached hydrogen (secondary N) is 1. The summed E-state index contributed by atoms with van der Waals surface area (Å²) in [7, 11) is -3.56. The summed E-state index contributed by atoms with van der Waals surface area (Å²) in [5.41, 5.74) is 0. The second-order valence-electron chi connectivity index (χ2n) is 4.80. The Morgan fingerprint density at radius 2 is 1.95 bits per heavy atom. The molecule has 0 bridgehead atoms. The fourth-order valence-electron chi connectivity index (χ4n) is 2.20. The van der Waals surface area contributed by atoms with Crippen LogP contribution in [0.2, 0.25) is 5.02 Å². The van der Waals surface area contributed by atoms with Crippen LogP contribution in [0, 0.1) is 0 Å². The first kappa shape index (κ1) is 17.2. The SMILES string of the molecule is C=CCNC(=S)N1CCN(S(=O)(=O)c2ccccc2Cl)CC1. The minimum atomic E-state index is -3.56. The summed E-state index contributed by atoms with van der Waals surface area (Å²) >= 11 is 11.3. The molecule has 1 N–H and O–H groups in total. The smallest absolute Gasteiger partial charge is 0.244 e. The molecule has 0 saturated carbocycles. The number of thiocarbonyl (C=S) groups is 1. The number of sulfonamides is 1. The van der Waals surface area contributed by atoms with Crippen LogP contribution in [0.5, 0.6) is 0 Å². The van der Waals surface area contributed by atoms with E-state index in [4.69, 9.17) is 23.8 Å². The standard InChI is InChI=1S/C14H18ClN3O2S2/c1-2-7-16-14(21)17-8-10-18(11-9-17)22(19,20)13-6-4-3-5-12(13)15/h2-6H,1,7-11H2,(H,16,21). The Labute approximate surface area is 141 Å². The molecular weight excluding hydrogens is 342 g/mol. The fraction of sp³-hybridized carbons (Fsp3) is 0.357. The van der Waals surface area contributed by atoms with Gasteiger partial charge in [0, 0.05) is 32.7 Å². The van der Waals surface area contributed by atoms with E-state index in [1.165, 1.54) is 10.4 Å². The van der Waals surface area contributed by atoms with Gasteiger partial charge in [-0.1, -0.05) is 29.8 Å². The van der Waals surface area contributed by atoms with Crippen LogP contribution in [-0.2, 0) is 10.0 Å². The lowest BCUT2D eigenvalue weighted by Crippen LogP contribution is -2.53. The predicted molar refractivity (Wildman–Crippen MR) is 92.6 cm³/mol. The molecule has 0 radical (unpaired) electrons. The molecule has 5 nitrogen and oxygen atoms in total. The summed E-state index contributed by atoms with van der Waals surface area (Å²) in [6.45, 7) is 6.07. The Kier molecular flexibility index (Phi) is 5.80. The van der Waals surface area contributed by atoms with E-state index in [-0.39, 0.29) is 9.92 Å². The maximum Gasteiger partial charge on any atom is 0.244 e. The summed E-state index contributed by atoms with van der Waals surface area (Å²) < 4.78 is 26.7. The van der Waals surface area contributed by atoms with Crippen molar-refractivity contribution in [2.45, 2.75) is 4.90 Å². The first-order chi connectivity index (χ1) is 10.5. The van der Waals surface area contributed by atoms with Crippen molar-refractivity contribution in [1.82, 2.24) is 14.5 Å². The van der Waals surface area contributed by atoms with Gasteiger partial charge < -0.3 is 10.2 Å². The third-order valence-electron chi connectivity index (χ3n) is 3.38. The number of halogens is 1. The quantitative estimate of drug-likeness (QED) is 0.655. The molecule has 120 valence electrons. The van der Waals surface area contributed by atoms with E-state index in [1.807, 2.05) is 4.90 Å². The highest BCUT2D eigenvalue weighted by molar-refractivity contribution is 7.89. The second-order valence-corrected chi connectivity index (χ2v) is 7.50. The molecule has 1 aromatic carbocycles. The van der Waals surface area contributed by atoms with Gasteiger partial charge in [-0.25, -0.2) is 8.42 Å². The number of piperazine rings is 1. The van der Waals surface area contributed by atoms with Gasteiger partial charge in [-0.3, -0.25) is 0 Å². The van der Waals surface area contributed by atoms with Gasteiger partial charge in [0.15, 0.2) is 5.11 Å². The molecule has 1 aromatic rings. The van der Waals surface area contributed by atoms with Gasteiger partial charge >= 0.3 is 0 Å². The van der Waals surface area contributed by atoms with Gasteiger partial charge in [-0.05, 0) is 24.4 Å². The normalized spacial score (nSPS) is 16.3. The van der Waals surface area contributed by atoms with Crippen molar-refractivity contribution in [1.29, 1.82) is 0 Å². The van der Waals surface area contributed by atoms with Gasteiger partial charge in [0.25, 0.3) is 0 Å². The van der Waals surface area contributed by atoms with E-state index in [9.17, 15) is 8.42 Å². The zero-order valence-corrected chi connectivity index (χ0v) is 14.4. The molecule has 0 atom stereocenters. The number of nitrogens with zero attached hydrogens (tertiary/aromatic N) is 2. The minimum Gasteiger partial charge on any atom is -0.359 e. The third-order valence-corrected chi connectivity index (χ3v) is 6.18. The largest absolute Gasteiger partial charge is 0.359 e. The molecule has 0 amide bonds. The van der Waals surface area contributed by atoms with Crippen LogP contribution in [0.3, 0.4) is 0 Å². The molecule has 0 aromatic heterocycles. The van der Waals surface area contributed by atoms with Gasteiger partial charge in [-0.15, -0.1) is 6.58 Å². The Morgan fingerprint density at radius 3 is 2.55 bits per heavy atom. The van der Waals surface area contributed by atoms with E-state index in [0.29, 0.717) is 37.8 Å². The maximum atomic E-state index is 12.6. The number of rotatable bonds is 4. The van der Waals surface area contributed by atoms with Crippen LogP contribution >= 0.6 is 23.8 Å². The van der Waals surface area contributed by atoms with E-state index >= 15 is 0 Å². The molecular formula is C14H18ClN3O2S2. The van der Waals surface area contributed by atoms with Crippen molar-refractivity contribution >= 4 is 39.0 Å². The number of hydrogen-bond donors (Lipinski definition) is 1. The minimum absolute atomic E-state index is 0.150. The third kappa shape index (κ3) is 3.78. The Bertz CT molecular complexity index is 656. The van der Waals surface area contributed by atoms with Crippen molar-refractivity contribution in [2.75, 3.05) is 32.7 Å². The van der Waals surface area contributed by atoms with Crippen molar-refractivity contribution < 1.29 is 8.42 Å². The van der Waals surface area contributed by atoms with Gasteiger partial charge in [0.05, 0.1) is 5.02 Å². The molecule has 22 heavy (non-hydrogen) atoms. The molecule has 1 saturated heterocycles. The average Bonchev–Trinajstić information content (AvgIpc) is 2.53. The van der Waals surface area contributed by atoms with Crippen molar-refractivity contribution in [3.63, 3.8) is 0 Å². The van der Waals surface area contributed by atoms with E-state index in [2.05, 4.69) is 11.9 Å². The molecule has 8 heteroatoms. The van der Waals surface area contributed by atoms with Crippen LogP contribution < -0.4 is 5.32 Å². The fourth-order valence-corrected chi connectivity index (χ4v) is 4.38. The van der Waals surface area contributed by atoms with E-state index < -0.39 is 10.0 Å². The second kappa shape index (κ2) is 7.41. The van der Waals surface area contributed by atoms with Crippen molar-refractivity contribution in [2.24, 2.45) is 0 Å². The zero-order valence-electron chi connectivity index (χ0n) is 12.0. The summed E-state index contributed by atoms with van der Waals surface area (Å²) in [6.07, 6.45) is 1.73. The first-order valence-corrected chi connectivity index (χ1v) is 9.08. The van der Waals surface area contributed by atoms with Crippen LogP contribution in [0.25, 0.3) is 0 Å². The number of hydrogen-bond acceptors (Lipinski definition) is 3. The molecule has 0 aliphatic carbocycles. The van der Waals surface area contributed by atoms with Gasteiger partial charge in [-0.2, -0.15) is 4.31 Å². The highest BCUT2D eigenvalue weighted by Crippen LogP contribution is 2.24. The van der Waals surface area contributed by atoms with E-state index in [1.54, 1.807) is 24.3 Å². The summed E-state index contributed by atoms with van der Waals surface area (Å²) in [6, 6.07) is 6.49. The molecule has 1 aliphatic heterocycles. The van der Waals surface area contributed by atoms with Crippen LogP contribution in [-0.4, -0.2) is 55.5 Å². The van der Waals surface area contributed by atoms with Crippen molar-refractivity contribution in [3.8, 4) is 0 Å². The summed E-state index contributed by atoms with van der Waals surface area (Å²) in [5.74, 6) is 0. The van der Waals surface area contributed by atoms with Crippen LogP contribution in [0.15, 0.2) is 41.8 Å². The molecule has 1 heterocycles. The average molecular weight is 360 g/mol. The topological polar surface area (TPSA) is 52.6 Å². The Hall–Kier alpha value is -1.15. The van der Waals surface area contributed by atoms with Crippen LogP contribution in [0.1, 0.15) is 0 Å².